The predicted octanol–water partition coefficient (Wildman–Crippen LogP) is 1.61. The average Bonchev–Trinajstić information content (AvgIpc) is 2.64. The third kappa shape index (κ3) is 5.23. The van der Waals surface area contributed by atoms with Gasteiger partial charge in [0.15, 0.2) is 0 Å². The van der Waals surface area contributed by atoms with Crippen molar-refractivity contribution in [3.05, 3.63) is 35.9 Å². The fraction of sp³-hybridized carbons (Fsp3) is 0.412. The van der Waals surface area contributed by atoms with Crippen LogP contribution in [-0.2, 0) is 11.3 Å². The van der Waals surface area contributed by atoms with Gasteiger partial charge in [0.25, 0.3) is 0 Å². The number of nitrogen functional groups attached to an aromatic ring is 1. The van der Waals surface area contributed by atoms with E-state index in [1.54, 1.807) is 24.0 Å². The van der Waals surface area contributed by atoms with Crippen molar-refractivity contribution >= 4 is 23.7 Å². The van der Waals surface area contributed by atoms with E-state index >= 15 is 0 Å². The van der Waals surface area contributed by atoms with Gasteiger partial charge in [0.2, 0.25) is 11.9 Å². The van der Waals surface area contributed by atoms with E-state index in [9.17, 15) is 9.18 Å². The molecule has 0 bridgehead atoms. The Morgan fingerprint density at radius 2 is 1.89 bits per heavy atom. The molecule has 0 radical (unpaired) electrons. The Bertz CT molecular complexity index is 779. The molecule has 0 spiro atoms. The van der Waals surface area contributed by atoms with Crippen LogP contribution in [0.1, 0.15) is 12.7 Å². The van der Waals surface area contributed by atoms with E-state index in [0.29, 0.717) is 56.8 Å². The zero-order chi connectivity index (χ0) is 19.2. The first kappa shape index (κ1) is 18.8. The molecule has 1 fully saturated rings. The van der Waals surface area contributed by atoms with Gasteiger partial charge in [-0.3, -0.25) is 4.90 Å². The number of rotatable bonds is 5. The summed E-state index contributed by atoms with van der Waals surface area (Å²) >= 11 is 0. The number of ether oxygens (including phenoxy) is 1. The SMILES string of the molecule is CCOC(=O)N1CCN(Cc2nc(N)nc(Nc3ccc(F)cc3)n2)CC1. The van der Waals surface area contributed by atoms with Crippen LogP contribution in [0.3, 0.4) is 0 Å². The molecule has 1 aromatic carbocycles. The minimum Gasteiger partial charge on any atom is -0.450 e. The number of carbonyl (C=O) groups excluding carboxylic acids is 1. The van der Waals surface area contributed by atoms with Crippen LogP contribution in [-0.4, -0.2) is 63.6 Å². The molecule has 0 unspecified atom stereocenters. The normalized spacial score (nSPS) is 14.8. The van der Waals surface area contributed by atoms with Crippen molar-refractivity contribution in [1.29, 1.82) is 0 Å². The second-order valence-electron chi connectivity index (χ2n) is 6.03. The van der Waals surface area contributed by atoms with Gasteiger partial charge in [0.05, 0.1) is 13.2 Å². The lowest BCUT2D eigenvalue weighted by molar-refractivity contribution is 0.0772. The Hall–Kier alpha value is -3.01. The summed E-state index contributed by atoms with van der Waals surface area (Å²) in [6.45, 7) is 5.18. The Balaban J connectivity index is 1.60. The minimum atomic E-state index is -0.321. The van der Waals surface area contributed by atoms with Crippen LogP contribution in [0.2, 0.25) is 0 Å². The van der Waals surface area contributed by atoms with E-state index in [1.165, 1.54) is 12.1 Å². The summed E-state index contributed by atoms with van der Waals surface area (Å²) in [7, 11) is 0. The number of halogens is 1. The lowest BCUT2D eigenvalue weighted by Crippen LogP contribution is -2.48. The number of nitrogens with one attached hydrogen (secondary N) is 1. The molecule has 0 aliphatic carbocycles. The number of benzene rings is 1. The number of piperazine rings is 1. The molecule has 27 heavy (non-hydrogen) atoms. The van der Waals surface area contributed by atoms with Crippen molar-refractivity contribution in [3.63, 3.8) is 0 Å². The maximum absolute atomic E-state index is 13.0. The molecule has 1 saturated heterocycles. The van der Waals surface area contributed by atoms with E-state index in [4.69, 9.17) is 10.5 Å². The summed E-state index contributed by atoms with van der Waals surface area (Å²) in [5.41, 5.74) is 6.44. The Labute approximate surface area is 156 Å². The third-order valence-corrected chi connectivity index (χ3v) is 4.06. The van der Waals surface area contributed by atoms with Crippen molar-refractivity contribution in [2.45, 2.75) is 13.5 Å². The molecule has 0 atom stereocenters. The molecule has 3 rings (SSSR count). The van der Waals surface area contributed by atoms with Crippen molar-refractivity contribution in [2.24, 2.45) is 0 Å². The van der Waals surface area contributed by atoms with E-state index in [-0.39, 0.29) is 17.9 Å². The van der Waals surface area contributed by atoms with Crippen LogP contribution in [0.25, 0.3) is 0 Å². The smallest absolute Gasteiger partial charge is 0.409 e. The third-order valence-electron chi connectivity index (χ3n) is 4.06. The molecule has 9 nitrogen and oxygen atoms in total. The fourth-order valence-corrected chi connectivity index (χ4v) is 2.73. The molecule has 10 heteroatoms. The van der Waals surface area contributed by atoms with Gasteiger partial charge in [-0.05, 0) is 31.2 Å². The van der Waals surface area contributed by atoms with Crippen LogP contribution in [0.15, 0.2) is 24.3 Å². The van der Waals surface area contributed by atoms with Crippen molar-refractivity contribution in [1.82, 2.24) is 24.8 Å². The van der Waals surface area contributed by atoms with E-state index in [0.717, 1.165) is 0 Å². The monoisotopic (exact) mass is 375 g/mol. The highest BCUT2D eigenvalue weighted by atomic mass is 19.1. The predicted molar refractivity (Wildman–Crippen MR) is 97.8 cm³/mol. The van der Waals surface area contributed by atoms with E-state index < -0.39 is 0 Å². The lowest BCUT2D eigenvalue weighted by Gasteiger charge is -2.33. The first-order valence-electron chi connectivity index (χ1n) is 8.70. The Morgan fingerprint density at radius 1 is 1.19 bits per heavy atom. The largest absolute Gasteiger partial charge is 0.450 e. The van der Waals surface area contributed by atoms with Gasteiger partial charge in [0, 0.05) is 31.9 Å². The number of nitrogens with two attached hydrogens (primary N) is 1. The highest BCUT2D eigenvalue weighted by Crippen LogP contribution is 2.15. The van der Waals surface area contributed by atoms with Crippen LogP contribution >= 0.6 is 0 Å². The van der Waals surface area contributed by atoms with E-state index in [2.05, 4.69) is 25.2 Å². The molecule has 3 N–H and O–H groups in total. The topological polar surface area (TPSA) is 110 Å². The molecule has 1 amide bonds. The zero-order valence-corrected chi connectivity index (χ0v) is 15.1. The summed E-state index contributed by atoms with van der Waals surface area (Å²) in [5, 5.41) is 2.99. The van der Waals surface area contributed by atoms with Crippen molar-refractivity contribution in [2.75, 3.05) is 43.8 Å². The molecule has 2 heterocycles. The summed E-state index contributed by atoms with van der Waals surface area (Å²) in [4.78, 5) is 28.2. The standard InChI is InChI=1S/C17H22FN7O2/c1-2-27-17(26)25-9-7-24(8-10-25)11-14-21-15(19)23-16(22-14)20-13-5-3-12(18)4-6-13/h3-6H,2,7-11H2,1H3,(H3,19,20,21,22,23). The summed E-state index contributed by atoms with van der Waals surface area (Å²) in [6, 6.07) is 5.86. The number of anilines is 3. The highest BCUT2D eigenvalue weighted by Gasteiger charge is 2.22. The lowest BCUT2D eigenvalue weighted by atomic mass is 10.3. The molecular weight excluding hydrogens is 353 g/mol. The zero-order valence-electron chi connectivity index (χ0n) is 15.1. The molecule has 2 aromatic rings. The van der Waals surface area contributed by atoms with Gasteiger partial charge in [0.1, 0.15) is 11.6 Å². The van der Waals surface area contributed by atoms with Gasteiger partial charge >= 0.3 is 6.09 Å². The number of hydrogen-bond acceptors (Lipinski definition) is 8. The van der Waals surface area contributed by atoms with Crippen molar-refractivity contribution < 1.29 is 13.9 Å². The van der Waals surface area contributed by atoms with Crippen LogP contribution in [0, 0.1) is 5.82 Å². The average molecular weight is 375 g/mol. The molecule has 1 aromatic heterocycles. The number of hydrogen-bond donors (Lipinski definition) is 2. The summed E-state index contributed by atoms with van der Waals surface area (Å²) in [6.07, 6.45) is -0.285. The number of amides is 1. The molecule has 0 saturated carbocycles. The minimum absolute atomic E-state index is 0.106. The molecular formula is C17H22FN7O2. The van der Waals surface area contributed by atoms with Crippen LogP contribution < -0.4 is 11.1 Å². The maximum atomic E-state index is 13.0. The Kier molecular flexibility index (Phi) is 5.97. The fourth-order valence-electron chi connectivity index (χ4n) is 2.73. The second-order valence-corrected chi connectivity index (χ2v) is 6.03. The van der Waals surface area contributed by atoms with Crippen LogP contribution in [0.5, 0.6) is 0 Å². The number of nitrogens with zero attached hydrogens (tertiary/aromatic N) is 5. The van der Waals surface area contributed by atoms with Crippen LogP contribution in [0.4, 0.5) is 26.8 Å². The van der Waals surface area contributed by atoms with Gasteiger partial charge in [-0.15, -0.1) is 0 Å². The van der Waals surface area contributed by atoms with Gasteiger partial charge in [-0.25, -0.2) is 9.18 Å². The maximum Gasteiger partial charge on any atom is 0.409 e. The Morgan fingerprint density at radius 3 is 2.56 bits per heavy atom. The summed E-state index contributed by atoms with van der Waals surface area (Å²) in [5.74, 6) is 0.610. The number of aromatic nitrogens is 3. The molecule has 1 aliphatic heterocycles. The van der Waals surface area contributed by atoms with Gasteiger partial charge in [-0.1, -0.05) is 0 Å². The first-order chi connectivity index (χ1) is 13.0. The highest BCUT2D eigenvalue weighted by molar-refractivity contribution is 5.67. The quantitative estimate of drug-likeness (QED) is 0.811. The second kappa shape index (κ2) is 8.58. The van der Waals surface area contributed by atoms with E-state index in [1.807, 2.05) is 0 Å². The first-order valence-corrected chi connectivity index (χ1v) is 8.70. The van der Waals surface area contributed by atoms with Crippen molar-refractivity contribution in [3.8, 4) is 0 Å². The van der Waals surface area contributed by atoms with Gasteiger partial charge < -0.3 is 20.7 Å². The number of carbonyl (C=O) groups is 1. The van der Waals surface area contributed by atoms with Gasteiger partial charge in [-0.2, -0.15) is 15.0 Å². The summed E-state index contributed by atoms with van der Waals surface area (Å²) < 4.78 is 18.0. The molecule has 1 aliphatic rings. The molecule has 144 valence electrons.